The molecule has 0 atom stereocenters. The normalized spacial score (nSPS) is 12.1. The van der Waals surface area contributed by atoms with Gasteiger partial charge in [0.15, 0.2) is 7.85 Å². The van der Waals surface area contributed by atoms with Crippen LogP contribution in [0.2, 0.25) is 0 Å². The maximum atomic E-state index is 2.18. The van der Waals surface area contributed by atoms with E-state index in [9.17, 15) is 0 Å². The lowest BCUT2D eigenvalue weighted by molar-refractivity contribution is 0.727. The molecule has 0 unspecified atom stereocenters. The Morgan fingerprint density at radius 1 is 1.44 bits per heavy atom. The summed E-state index contributed by atoms with van der Waals surface area (Å²) in [6.45, 7) is 0. The molecule has 0 N–H and O–H groups in total. The summed E-state index contributed by atoms with van der Waals surface area (Å²) in [5.41, 5.74) is 1.39. The van der Waals surface area contributed by atoms with Crippen molar-refractivity contribution in [2.45, 2.75) is 0 Å². The van der Waals surface area contributed by atoms with Crippen molar-refractivity contribution < 1.29 is 0 Å². The summed E-state index contributed by atoms with van der Waals surface area (Å²) in [6, 6.07) is 0. The van der Waals surface area contributed by atoms with E-state index >= 15 is 0 Å². The Morgan fingerprint density at radius 3 is 2.00 bits per heavy atom. The summed E-state index contributed by atoms with van der Waals surface area (Å²) in [5, 5.41) is 1.47. The topological polar surface area (TPSA) is 3.24 Å². The van der Waals surface area contributed by atoms with Gasteiger partial charge in [-0.05, 0) is 7.05 Å². The van der Waals surface area contributed by atoms with Crippen LogP contribution in [-0.4, -0.2) is 50.4 Å². The molecule has 0 heterocycles. The van der Waals surface area contributed by atoms with Crippen LogP contribution in [0.15, 0.2) is 11.0 Å². The summed E-state index contributed by atoms with van der Waals surface area (Å²) < 4.78 is 0. The van der Waals surface area contributed by atoms with Crippen LogP contribution in [0.4, 0.5) is 0 Å². The van der Waals surface area contributed by atoms with Gasteiger partial charge in [0.1, 0.15) is 15.0 Å². The minimum Gasteiger partial charge on any atom is -0.437 e. The number of hydrogen-bond donors (Lipinski definition) is 0. The lowest BCUT2D eigenvalue weighted by Gasteiger charge is -2.16. The number of hydrogen-bond acceptors (Lipinski definition) is 1. The van der Waals surface area contributed by atoms with Crippen molar-refractivity contribution in [2.24, 2.45) is 0 Å². The minimum atomic E-state index is 1.16. The van der Waals surface area contributed by atoms with Gasteiger partial charge in [0.25, 0.3) is 0 Å². The monoisotopic (exact) mass is 117 g/mol. The largest absolute Gasteiger partial charge is 0.437 e. The predicted molar refractivity (Wildman–Crippen MR) is 56.1 cm³/mol. The highest BCUT2D eigenvalue weighted by atomic mass is 15.0. The highest BCUT2D eigenvalue weighted by Gasteiger charge is 1.94. The summed E-state index contributed by atoms with van der Waals surface area (Å²) >= 11 is 0. The molecular weight excluding hydrogens is 104 g/mol. The van der Waals surface area contributed by atoms with E-state index in [0.717, 1.165) is 7.17 Å². The molecule has 0 amide bonds. The van der Waals surface area contributed by atoms with E-state index in [4.69, 9.17) is 0 Å². The Kier molecular flexibility index (Phi) is 3.75. The third kappa shape index (κ3) is 2.78. The van der Waals surface area contributed by atoms with Gasteiger partial charge in [0.05, 0.1) is 7.74 Å². The first-order valence-corrected chi connectivity index (χ1v) is 3.43. The SMILES string of the molecule is BB/C(B)=C(\B)N(B)C. The summed E-state index contributed by atoms with van der Waals surface area (Å²) in [7, 11) is 11.8. The molecule has 44 valence electrons. The van der Waals surface area contributed by atoms with Crippen molar-refractivity contribution in [3.8, 4) is 0 Å². The van der Waals surface area contributed by atoms with Crippen molar-refractivity contribution in [3.05, 3.63) is 11.0 Å². The molecule has 0 bridgehead atoms. The molecular formula is C3H12B5N. The highest BCUT2D eigenvalue weighted by Crippen LogP contribution is 1.94. The quantitative estimate of drug-likeness (QED) is 0.331. The molecule has 0 fully saturated rings. The van der Waals surface area contributed by atoms with E-state index in [1.165, 1.54) is 11.0 Å². The van der Waals surface area contributed by atoms with Crippen LogP contribution in [0.25, 0.3) is 0 Å². The second kappa shape index (κ2) is 3.81. The van der Waals surface area contributed by atoms with Gasteiger partial charge in [-0.25, -0.2) is 0 Å². The van der Waals surface area contributed by atoms with Crippen molar-refractivity contribution in [1.82, 2.24) is 4.81 Å². The van der Waals surface area contributed by atoms with Crippen LogP contribution in [0.3, 0.4) is 0 Å². The van der Waals surface area contributed by atoms with Gasteiger partial charge in [0.2, 0.25) is 7.98 Å². The van der Waals surface area contributed by atoms with Crippen LogP contribution in [-0.2, 0) is 0 Å². The van der Waals surface area contributed by atoms with E-state index in [1.54, 1.807) is 0 Å². The fourth-order valence-corrected chi connectivity index (χ4v) is 0.638. The van der Waals surface area contributed by atoms with Crippen molar-refractivity contribution in [1.29, 1.82) is 0 Å². The molecule has 0 radical (unpaired) electrons. The van der Waals surface area contributed by atoms with E-state index < -0.39 is 0 Å². The standard InChI is InChI=1S/C3H12B5N/c1-9(7)3(5)2(4)8-6/h8H,4-7H2,1H3/b3-2+. The van der Waals surface area contributed by atoms with Gasteiger partial charge in [0, 0.05) is 0 Å². The molecule has 0 saturated heterocycles. The Labute approximate surface area is 62.1 Å². The molecule has 1 nitrogen and oxygen atoms in total. The molecule has 0 saturated carbocycles. The minimum absolute atomic E-state index is 1.16. The highest BCUT2D eigenvalue weighted by molar-refractivity contribution is 6.98. The summed E-state index contributed by atoms with van der Waals surface area (Å²) in [4.78, 5) is 2.15. The Hall–Kier alpha value is -0.135. The van der Waals surface area contributed by atoms with E-state index in [1.807, 2.05) is 0 Å². The molecule has 0 aromatic rings. The average molecular weight is 116 g/mol. The molecule has 0 aliphatic rings. The lowest BCUT2D eigenvalue weighted by atomic mass is 9.43. The number of nitrogens with zero attached hydrogens (tertiary/aromatic N) is 1. The smallest absolute Gasteiger partial charge is 0.215 e. The fraction of sp³-hybridized carbons (Fsp3) is 0.333. The Bertz CT molecular complexity index is 119. The Balaban J connectivity index is 4.10. The first kappa shape index (κ1) is 8.86. The molecule has 0 spiro atoms. The number of rotatable bonds is 2. The van der Waals surface area contributed by atoms with E-state index in [-0.39, 0.29) is 0 Å². The molecule has 0 aliphatic heterocycles. The zero-order chi connectivity index (χ0) is 7.44. The molecule has 0 aromatic carbocycles. The van der Waals surface area contributed by atoms with E-state index in [0.29, 0.717) is 0 Å². The molecule has 0 aliphatic carbocycles. The maximum Gasteiger partial charge on any atom is 0.215 e. The maximum absolute atomic E-state index is 2.18. The van der Waals surface area contributed by atoms with Gasteiger partial charge in [-0.2, -0.15) is 0 Å². The molecule has 0 aromatic heterocycles. The fourth-order valence-electron chi connectivity index (χ4n) is 0.638. The van der Waals surface area contributed by atoms with Crippen LogP contribution >= 0.6 is 0 Å². The predicted octanol–water partition coefficient (Wildman–Crippen LogP) is -4.16. The average Bonchev–Trinajstić information content (AvgIpc) is 1.84. The zero-order valence-corrected chi connectivity index (χ0v) is 7.15. The van der Waals surface area contributed by atoms with Gasteiger partial charge in [-0.15, -0.1) is 5.37 Å². The first-order chi connectivity index (χ1) is 4.09. The van der Waals surface area contributed by atoms with Crippen molar-refractivity contribution in [3.63, 3.8) is 0 Å². The van der Waals surface area contributed by atoms with E-state index in [2.05, 4.69) is 43.3 Å². The zero-order valence-electron chi connectivity index (χ0n) is 7.15. The van der Waals surface area contributed by atoms with Gasteiger partial charge >= 0.3 is 0 Å². The van der Waals surface area contributed by atoms with Gasteiger partial charge in [-0.1, -0.05) is 5.60 Å². The van der Waals surface area contributed by atoms with Crippen LogP contribution in [0, 0.1) is 0 Å². The Morgan fingerprint density at radius 2 is 1.89 bits per heavy atom. The third-order valence-electron chi connectivity index (χ3n) is 1.82. The lowest BCUT2D eigenvalue weighted by Crippen LogP contribution is -2.18. The molecule has 6 heteroatoms. The molecule has 0 rings (SSSR count). The van der Waals surface area contributed by atoms with Gasteiger partial charge in [-0.3, -0.25) is 0 Å². The second-order valence-electron chi connectivity index (χ2n) is 2.61. The van der Waals surface area contributed by atoms with Gasteiger partial charge < -0.3 is 4.81 Å². The van der Waals surface area contributed by atoms with Crippen molar-refractivity contribution >= 4 is 38.6 Å². The van der Waals surface area contributed by atoms with Crippen LogP contribution in [0.1, 0.15) is 0 Å². The first-order valence-electron chi connectivity index (χ1n) is 3.43. The van der Waals surface area contributed by atoms with Crippen molar-refractivity contribution in [2.75, 3.05) is 7.05 Å². The van der Waals surface area contributed by atoms with Crippen LogP contribution in [0.5, 0.6) is 0 Å². The van der Waals surface area contributed by atoms with Crippen LogP contribution < -0.4 is 0 Å². The summed E-state index contributed by atoms with van der Waals surface area (Å²) in [6.07, 6.45) is 0. The second-order valence-corrected chi connectivity index (χ2v) is 2.61. The molecule has 9 heavy (non-hydrogen) atoms. The third-order valence-corrected chi connectivity index (χ3v) is 1.82. The summed E-state index contributed by atoms with van der Waals surface area (Å²) in [5.74, 6) is 0.